The molecule has 6 nitrogen and oxygen atoms in total. The molecule has 118 valence electrons. The van der Waals surface area contributed by atoms with Crippen LogP contribution in [0, 0.1) is 0 Å². The minimum Gasteiger partial charge on any atom is -0.480 e. The summed E-state index contributed by atoms with van der Waals surface area (Å²) in [7, 11) is 0. The topological polar surface area (TPSA) is 86.7 Å². The number of nitrogens with zero attached hydrogens (tertiary/aromatic N) is 1. The maximum Gasteiger partial charge on any atom is 0.326 e. The van der Waals surface area contributed by atoms with Crippen LogP contribution in [0.4, 0.5) is 0 Å². The Labute approximate surface area is 132 Å². The molecule has 1 aromatic carbocycles. The van der Waals surface area contributed by atoms with E-state index < -0.39 is 17.9 Å². The van der Waals surface area contributed by atoms with Gasteiger partial charge in [-0.25, -0.2) is 4.79 Å². The number of thioether (sulfide) groups is 1. The van der Waals surface area contributed by atoms with Gasteiger partial charge in [-0.1, -0.05) is 18.2 Å². The average Bonchev–Trinajstić information content (AvgIpc) is 2.80. The van der Waals surface area contributed by atoms with E-state index in [0.29, 0.717) is 24.3 Å². The fraction of sp³-hybridized carbons (Fsp3) is 0.400. The highest BCUT2D eigenvalue weighted by Crippen LogP contribution is 2.21. The SMILES string of the molecule is CSCCC(NC(=O)CN1Cc2ccccc2C1=O)C(=O)O. The number of amides is 2. The lowest BCUT2D eigenvalue weighted by molar-refractivity contribution is -0.141. The van der Waals surface area contributed by atoms with Crippen LogP contribution in [-0.4, -0.2) is 52.4 Å². The summed E-state index contributed by atoms with van der Waals surface area (Å²) in [5, 5.41) is 11.6. The lowest BCUT2D eigenvalue weighted by atomic mass is 10.1. The van der Waals surface area contributed by atoms with Gasteiger partial charge in [0, 0.05) is 12.1 Å². The summed E-state index contributed by atoms with van der Waals surface area (Å²) in [6.07, 6.45) is 2.23. The van der Waals surface area contributed by atoms with Gasteiger partial charge in [0.2, 0.25) is 5.91 Å². The first-order valence-electron chi connectivity index (χ1n) is 6.91. The Morgan fingerprint density at radius 3 is 2.77 bits per heavy atom. The molecule has 0 saturated heterocycles. The molecular formula is C15H18N2O4S. The maximum absolute atomic E-state index is 12.2. The van der Waals surface area contributed by atoms with Crippen LogP contribution < -0.4 is 5.32 Å². The first kappa shape index (κ1) is 16.4. The van der Waals surface area contributed by atoms with Gasteiger partial charge in [-0.3, -0.25) is 9.59 Å². The summed E-state index contributed by atoms with van der Waals surface area (Å²) in [5.41, 5.74) is 1.49. The van der Waals surface area contributed by atoms with E-state index in [2.05, 4.69) is 5.32 Å². The minimum atomic E-state index is -1.06. The number of hydrogen-bond acceptors (Lipinski definition) is 4. The molecule has 0 saturated carbocycles. The molecule has 0 aliphatic carbocycles. The molecule has 2 rings (SSSR count). The van der Waals surface area contributed by atoms with Crippen molar-refractivity contribution < 1.29 is 19.5 Å². The maximum atomic E-state index is 12.2. The van der Waals surface area contributed by atoms with Crippen LogP contribution in [0.15, 0.2) is 24.3 Å². The first-order valence-corrected chi connectivity index (χ1v) is 8.30. The van der Waals surface area contributed by atoms with Gasteiger partial charge in [-0.15, -0.1) is 0 Å². The monoisotopic (exact) mass is 322 g/mol. The van der Waals surface area contributed by atoms with Crippen molar-refractivity contribution >= 4 is 29.5 Å². The Morgan fingerprint density at radius 1 is 1.41 bits per heavy atom. The second kappa shape index (κ2) is 7.31. The molecule has 1 aromatic rings. The predicted octanol–water partition coefficient (Wildman–Crippen LogP) is 0.965. The molecule has 0 fully saturated rings. The molecular weight excluding hydrogens is 304 g/mol. The molecule has 0 radical (unpaired) electrons. The molecule has 1 atom stereocenters. The highest BCUT2D eigenvalue weighted by atomic mass is 32.2. The van der Waals surface area contributed by atoms with Gasteiger partial charge in [-0.2, -0.15) is 11.8 Å². The van der Waals surface area contributed by atoms with E-state index in [1.165, 1.54) is 16.7 Å². The van der Waals surface area contributed by atoms with Crippen molar-refractivity contribution in [2.75, 3.05) is 18.6 Å². The van der Waals surface area contributed by atoms with Crippen molar-refractivity contribution in [3.63, 3.8) is 0 Å². The zero-order valence-corrected chi connectivity index (χ0v) is 13.1. The zero-order valence-electron chi connectivity index (χ0n) is 12.2. The van der Waals surface area contributed by atoms with Crippen LogP contribution in [0.5, 0.6) is 0 Å². The summed E-state index contributed by atoms with van der Waals surface area (Å²) in [6.45, 7) is 0.252. The molecule has 7 heteroatoms. The van der Waals surface area contributed by atoms with Crippen LogP contribution >= 0.6 is 11.8 Å². The summed E-state index contributed by atoms with van der Waals surface area (Å²) in [6, 6.07) is 6.29. The number of aliphatic carboxylic acids is 1. The lowest BCUT2D eigenvalue weighted by Gasteiger charge is -2.18. The fourth-order valence-electron chi connectivity index (χ4n) is 2.35. The summed E-state index contributed by atoms with van der Waals surface area (Å²) < 4.78 is 0. The minimum absolute atomic E-state index is 0.128. The van der Waals surface area contributed by atoms with E-state index in [1.807, 2.05) is 18.4 Å². The predicted molar refractivity (Wildman–Crippen MR) is 83.7 cm³/mol. The number of rotatable bonds is 7. The summed E-state index contributed by atoms with van der Waals surface area (Å²) in [5.74, 6) is -1.06. The average molecular weight is 322 g/mol. The third-order valence-corrected chi connectivity index (χ3v) is 4.12. The Bertz CT molecular complexity index is 591. The van der Waals surface area contributed by atoms with E-state index >= 15 is 0 Å². The van der Waals surface area contributed by atoms with Gasteiger partial charge < -0.3 is 15.3 Å². The quantitative estimate of drug-likeness (QED) is 0.781. The standard InChI is InChI=1S/C15H18N2O4S/c1-22-7-6-12(15(20)21)16-13(18)9-17-8-10-4-2-3-5-11(10)14(17)19/h2-5,12H,6-9H2,1H3,(H,16,18)(H,20,21). The lowest BCUT2D eigenvalue weighted by Crippen LogP contribution is -2.45. The molecule has 1 aliphatic rings. The second-order valence-corrected chi connectivity index (χ2v) is 6.04. The van der Waals surface area contributed by atoms with Crippen LogP contribution in [0.2, 0.25) is 0 Å². The number of benzene rings is 1. The summed E-state index contributed by atoms with van der Waals surface area (Å²) >= 11 is 1.52. The van der Waals surface area contributed by atoms with Crippen LogP contribution in [0.25, 0.3) is 0 Å². The van der Waals surface area contributed by atoms with E-state index in [4.69, 9.17) is 5.11 Å². The number of carbonyl (C=O) groups excluding carboxylic acids is 2. The second-order valence-electron chi connectivity index (χ2n) is 5.06. The molecule has 22 heavy (non-hydrogen) atoms. The van der Waals surface area contributed by atoms with E-state index in [1.54, 1.807) is 12.1 Å². The van der Waals surface area contributed by atoms with Crippen molar-refractivity contribution in [3.8, 4) is 0 Å². The first-order chi connectivity index (χ1) is 10.5. The van der Waals surface area contributed by atoms with E-state index in [-0.39, 0.29) is 12.5 Å². The van der Waals surface area contributed by atoms with Gasteiger partial charge in [-0.05, 0) is 30.1 Å². The van der Waals surface area contributed by atoms with Gasteiger partial charge in [0.25, 0.3) is 5.91 Å². The molecule has 0 spiro atoms. The number of fused-ring (bicyclic) bond motifs is 1. The van der Waals surface area contributed by atoms with Crippen LogP contribution in [0.3, 0.4) is 0 Å². The highest BCUT2D eigenvalue weighted by molar-refractivity contribution is 7.98. The smallest absolute Gasteiger partial charge is 0.326 e. The number of nitrogens with one attached hydrogen (secondary N) is 1. The molecule has 0 aromatic heterocycles. The normalized spacial score (nSPS) is 14.6. The Kier molecular flexibility index (Phi) is 5.43. The van der Waals surface area contributed by atoms with Gasteiger partial charge in [0.05, 0.1) is 0 Å². The largest absolute Gasteiger partial charge is 0.480 e. The number of carboxylic acids is 1. The van der Waals surface area contributed by atoms with Gasteiger partial charge >= 0.3 is 5.97 Å². The molecule has 1 aliphatic heterocycles. The number of carbonyl (C=O) groups is 3. The van der Waals surface area contributed by atoms with Crippen molar-refractivity contribution in [1.29, 1.82) is 0 Å². The third-order valence-electron chi connectivity index (χ3n) is 3.47. The number of carboxylic acid groups (broad SMARTS) is 1. The Morgan fingerprint density at radius 2 is 2.14 bits per heavy atom. The van der Waals surface area contributed by atoms with Crippen LogP contribution in [-0.2, 0) is 16.1 Å². The number of hydrogen-bond donors (Lipinski definition) is 2. The molecule has 2 N–H and O–H groups in total. The summed E-state index contributed by atoms with van der Waals surface area (Å²) in [4.78, 5) is 36.7. The third kappa shape index (κ3) is 3.79. The zero-order chi connectivity index (χ0) is 16.1. The highest BCUT2D eigenvalue weighted by Gasteiger charge is 2.29. The van der Waals surface area contributed by atoms with Crippen molar-refractivity contribution in [2.45, 2.75) is 19.0 Å². The van der Waals surface area contributed by atoms with E-state index in [0.717, 1.165) is 5.56 Å². The van der Waals surface area contributed by atoms with Gasteiger partial charge in [0.15, 0.2) is 0 Å². The van der Waals surface area contributed by atoms with E-state index in [9.17, 15) is 14.4 Å². The van der Waals surface area contributed by atoms with Crippen molar-refractivity contribution in [3.05, 3.63) is 35.4 Å². The molecule has 1 unspecified atom stereocenters. The Hall–Kier alpha value is -2.02. The Balaban J connectivity index is 1.93. The fourth-order valence-corrected chi connectivity index (χ4v) is 2.82. The van der Waals surface area contributed by atoms with Crippen molar-refractivity contribution in [1.82, 2.24) is 10.2 Å². The van der Waals surface area contributed by atoms with Crippen molar-refractivity contribution in [2.24, 2.45) is 0 Å². The molecule has 1 heterocycles. The molecule has 0 bridgehead atoms. The molecule has 2 amide bonds. The van der Waals surface area contributed by atoms with Gasteiger partial charge in [0.1, 0.15) is 12.6 Å². The van der Waals surface area contributed by atoms with Crippen LogP contribution in [0.1, 0.15) is 22.3 Å².